The Labute approximate surface area is 95.9 Å². The molecule has 0 atom stereocenters. The third-order valence-corrected chi connectivity index (χ3v) is 3.95. The zero-order valence-electron chi connectivity index (χ0n) is 9.60. The lowest BCUT2D eigenvalue weighted by Gasteiger charge is -2.35. The van der Waals surface area contributed by atoms with E-state index in [0.717, 1.165) is 6.26 Å². The zero-order chi connectivity index (χ0) is 12.4. The monoisotopic (exact) mass is 250 g/mol. The lowest BCUT2D eigenvalue weighted by atomic mass is 9.71. The van der Waals surface area contributed by atoms with Gasteiger partial charge in [-0.25, -0.2) is 0 Å². The molecule has 1 aliphatic rings. The van der Waals surface area contributed by atoms with Crippen molar-refractivity contribution in [2.24, 2.45) is 5.41 Å². The molecule has 1 saturated carbocycles. The van der Waals surface area contributed by atoms with Crippen LogP contribution in [0.3, 0.4) is 0 Å². The van der Waals surface area contributed by atoms with E-state index in [-0.39, 0.29) is 6.10 Å². The van der Waals surface area contributed by atoms with Crippen molar-refractivity contribution in [3.05, 3.63) is 0 Å². The fourth-order valence-electron chi connectivity index (χ4n) is 2.21. The third kappa shape index (κ3) is 3.18. The molecule has 0 unspecified atom stereocenters. The van der Waals surface area contributed by atoms with Crippen molar-refractivity contribution in [2.45, 2.75) is 45.1 Å². The maximum Gasteiger partial charge on any atom is 0.309 e. The highest BCUT2D eigenvalue weighted by Crippen LogP contribution is 2.40. The molecule has 0 aromatic rings. The lowest BCUT2D eigenvalue weighted by Crippen LogP contribution is -2.37. The summed E-state index contributed by atoms with van der Waals surface area (Å²) in [7, 11) is -3.44. The number of carboxylic acids is 1. The van der Waals surface area contributed by atoms with Crippen LogP contribution in [0.25, 0.3) is 0 Å². The smallest absolute Gasteiger partial charge is 0.309 e. The molecule has 0 aromatic heterocycles. The number of carboxylic acid groups (broad SMARTS) is 1. The Morgan fingerprint density at radius 3 is 2.25 bits per heavy atom. The maximum absolute atomic E-state index is 11.1. The van der Waals surface area contributed by atoms with E-state index in [1.165, 1.54) is 0 Å². The van der Waals surface area contributed by atoms with Crippen molar-refractivity contribution >= 4 is 16.1 Å². The van der Waals surface area contributed by atoms with Crippen molar-refractivity contribution in [1.29, 1.82) is 0 Å². The average Bonchev–Trinajstić information content (AvgIpc) is 2.16. The fraction of sp³-hybridized carbons (Fsp3) is 0.900. The molecule has 94 valence electrons. The van der Waals surface area contributed by atoms with Gasteiger partial charge in [-0.2, -0.15) is 8.42 Å². The first kappa shape index (κ1) is 13.4. The largest absolute Gasteiger partial charge is 0.481 e. The molecular weight excluding hydrogens is 232 g/mol. The molecule has 0 aliphatic heterocycles. The summed E-state index contributed by atoms with van der Waals surface area (Å²) in [6.07, 6.45) is 3.20. The first-order valence-corrected chi connectivity index (χ1v) is 7.22. The molecule has 5 nitrogen and oxygen atoms in total. The highest BCUT2D eigenvalue weighted by atomic mass is 32.2. The number of rotatable bonds is 4. The third-order valence-electron chi connectivity index (χ3n) is 3.33. The van der Waals surface area contributed by atoms with Gasteiger partial charge in [0.2, 0.25) is 0 Å². The molecule has 1 N–H and O–H groups in total. The highest BCUT2D eigenvalue weighted by Gasteiger charge is 2.41. The highest BCUT2D eigenvalue weighted by molar-refractivity contribution is 7.86. The molecule has 0 bridgehead atoms. The summed E-state index contributed by atoms with van der Waals surface area (Å²) >= 11 is 0. The first-order chi connectivity index (χ1) is 7.29. The van der Waals surface area contributed by atoms with Gasteiger partial charge in [-0.05, 0) is 32.1 Å². The summed E-state index contributed by atoms with van der Waals surface area (Å²) in [5.74, 6) is -0.784. The Hall–Kier alpha value is -0.620. The van der Waals surface area contributed by atoms with Crippen LogP contribution in [-0.2, 0) is 19.1 Å². The number of hydrogen-bond donors (Lipinski definition) is 1. The minimum atomic E-state index is -3.44. The fourth-order valence-corrected chi connectivity index (χ4v) is 2.89. The predicted octanol–water partition coefficient (Wildman–Crippen LogP) is 1.39. The van der Waals surface area contributed by atoms with E-state index < -0.39 is 21.5 Å². The molecule has 0 heterocycles. The van der Waals surface area contributed by atoms with Gasteiger partial charge in [0.25, 0.3) is 10.1 Å². The summed E-state index contributed by atoms with van der Waals surface area (Å²) < 4.78 is 26.7. The Kier molecular flexibility index (Phi) is 3.96. The Bertz CT molecular complexity index is 351. The first-order valence-electron chi connectivity index (χ1n) is 5.41. The van der Waals surface area contributed by atoms with Crippen molar-refractivity contribution in [2.75, 3.05) is 6.26 Å². The normalized spacial score (nSPS) is 31.2. The van der Waals surface area contributed by atoms with E-state index in [9.17, 15) is 13.2 Å². The van der Waals surface area contributed by atoms with Crippen LogP contribution in [0, 0.1) is 5.41 Å². The molecule has 1 rings (SSSR count). The standard InChI is InChI=1S/C10H18O5S/c1-3-10(9(11)12)6-4-8(5-7-10)15-16(2,13)14/h8H,3-7H2,1-2H3,(H,11,12). The summed E-state index contributed by atoms with van der Waals surface area (Å²) in [5.41, 5.74) is -0.683. The second-order valence-electron chi connectivity index (χ2n) is 4.44. The van der Waals surface area contributed by atoms with Crippen LogP contribution >= 0.6 is 0 Å². The van der Waals surface area contributed by atoms with Crippen molar-refractivity contribution < 1.29 is 22.5 Å². The van der Waals surface area contributed by atoms with Gasteiger partial charge in [0.05, 0.1) is 17.8 Å². The molecule has 1 aliphatic carbocycles. The van der Waals surface area contributed by atoms with E-state index >= 15 is 0 Å². The Morgan fingerprint density at radius 1 is 1.44 bits per heavy atom. The quantitative estimate of drug-likeness (QED) is 0.762. The van der Waals surface area contributed by atoms with Crippen molar-refractivity contribution in [3.8, 4) is 0 Å². The molecule has 0 aromatic carbocycles. The van der Waals surface area contributed by atoms with Crippen LogP contribution in [-0.4, -0.2) is 31.9 Å². The van der Waals surface area contributed by atoms with E-state index in [2.05, 4.69) is 0 Å². The van der Waals surface area contributed by atoms with E-state index in [1.54, 1.807) is 0 Å². The van der Waals surface area contributed by atoms with E-state index in [1.807, 2.05) is 6.92 Å². The van der Waals surface area contributed by atoms with Crippen LogP contribution in [0.15, 0.2) is 0 Å². The summed E-state index contributed by atoms with van der Waals surface area (Å²) in [6, 6.07) is 0. The van der Waals surface area contributed by atoms with Gasteiger partial charge in [-0.15, -0.1) is 0 Å². The minimum Gasteiger partial charge on any atom is -0.481 e. The van der Waals surface area contributed by atoms with Crippen LogP contribution in [0.5, 0.6) is 0 Å². The minimum absolute atomic E-state index is 0.353. The Balaban J connectivity index is 2.60. The van der Waals surface area contributed by atoms with Gasteiger partial charge in [-0.1, -0.05) is 6.92 Å². The van der Waals surface area contributed by atoms with E-state index in [0.29, 0.717) is 32.1 Å². The second kappa shape index (κ2) is 4.71. The van der Waals surface area contributed by atoms with Crippen LogP contribution in [0.4, 0.5) is 0 Å². The number of aliphatic carboxylic acids is 1. The molecule has 0 saturated heterocycles. The van der Waals surface area contributed by atoms with Gasteiger partial charge in [0, 0.05) is 0 Å². The Morgan fingerprint density at radius 2 is 1.94 bits per heavy atom. The molecule has 1 fully saturated rings. The number of hydrogen-bond acceptors (Lipinski definition) is 4. The van der Waals surface area contributed by atoms with Crippen LogP contribution in [0.2, 0.25) is 0 Å². The molecular formula is C10H18O5S. The second-order valence-corrected chi connectivity index (χ2v) is 6.04. The van der Waals surface area contributed by atoms with Gasteiger partial charge in [0.1, 0.15) is 0 Å². The van der Waals surface area contributed by atoms with Crippen molar-refractivity contribution in [3.63, 3.8) is 0 Å². The molecule has 0 amide bonds. The van der Waals surface area contributed by atoms with Crippen LogP contribution < -0.4 is 0 Å². The molecule has 0 radical (unpaired) electrons. The van der Waals surface area contributed by atoms with Gasteiger partial charge >= 0.3 is 5.97 Å². The van der Waals surface area contributed by atoms with Gasteiger partial charge in [0.15, 0.2) is 0 Å². The predicted molar refractivity (Wildman–Crippen MR) is 58.5 cm³/mol. The molecule has 16 heavy (non-hydrogen) atoms. The SMILES string of the molecule is CCC1(C(=O)O)CCC(OS(C)(=O)=O)CC1. The van der Waals surface area contributed by atoms with Gasteiger partial charge in [-0.3, -0.25) is 8.98 Å². The van der Waals surface area contributed by atoms with Crippen molar-refractivity contribution in [1.82, 2.24) is 0 Å². The molecule has 0 spiro atoms. The molecule has 6 heteroatoms. The summed E-state index contributed by atoms with van der Waals surface area (Å²) in [4.78, 5) is 11.1. The summed E-state index contributed by atoms with van der Waals surface area (Å²) in [5, 5.41) is 9.15. The maximum atomic E-state index is 11.1. The topological polar surface area (TPSA) is 80.7 Å². The summed E-state index contributed by atoms with van der Waals surface area (Å²) in [6.45, 7) is 1.85. The van der Waals surface area contributed by atoms with Crippen LogP contribution in [0.1, 0.15) is 39.0 Å². The van der Waals surface area contributed by atoms with Gasteiger partial charge < -0.3 is 5.11 Å². The number of carbonyl (C=O) groups is 1. The average molecular weight is 250 g/mol. The van der Waals surface area contributed by atoms with E-state index in [4.69, 9.17) is 9.29 Å². The lowest BCUT2D eigenvalue weighted by molar-refractivity contribution is -0.152. The zero-order valence-corrected chi connectivity index (χ0v) is 10.4.